The third kappa shape index (κ3) is 3.80. The van der Waals surface area contributed by atoms with E-state index in [1.165, 1.54) is 0 Å². The summed E-state index contributed by atoms with van der Waals surface area (Å²) < 4.78 is 11.2. The van der Waals surface area contributed by atoms with Crippen LogP contribution in [0.2, 0.25) is 0 Å². The van der Waals surface area contributed by atoms with Crippen molar-refractivity contribution in [1.29, 1.82) is 0 Å². The molecule has 3 unspecified atom stereocenters. The van der Waals surface area contributed by atoms with Gasteiger partial charge in [0.2, 0.25) is 11.8 Å². The number of hydrogen-bond acceptors (Lipinski definition) is 5. The summed E-state index contributed by atoms with van der Waals surface area (Å²) in [7, 11) is 0. The average Bonchev–Trinajstić information content (AvgIpc) is 3.50. The molecule has 29 heavy (non-hydrogen) atoms. The molecule has 0 aromatic rings. The lowest BCUT2D eigenvalue weighted by atomic mass is 9.81. The Bertz CT molecular complexity index is 640. The summed E-state index contributed by atoms with van der Waals surface area (Å²) in [6.45, 7) is 7.84. The van der Waals surface area contributed by atoms with E-state index < -0.39 is 5.41 Å². The fourth-order valence-corrected chi connectivity index (χ4v) is 6.09. The molecule has 5 aliphatic rings. The van der Waals surface area contributed by atoms with E-state index in [1.54, 1.807) is 0 Å². The van der Waals surface area contributed by atoms with Crippen LogP contribution in [0, 0.1) is 16.2 Å². The van der Waals surface area contributed by atoms with Gasteiger partial charge in [0.05, 0.1) is 18.6 Å². The standard InChI is InChI=1S/C21H33N3O4.ClH/c25-17(23-7-2-19(13-23)4-9-27-15-19)11-21(1-6-22-12-21)18(26)24-8-3-20(14-24)5-10-28-16-20;/h22H,1-16H2;1H. The van der Waals surface area contributed by atoms with Gasteiger partial charge in [0.1, 0.15) is 0 Å². The minimum atomic E-state index is -0.565. The van der Waals surface area contributed by atoms with E-state index in [-0.39, 0.29) is 35.1 Å². The number of nitrogens with zero attached hydrogens (tertiary/aromatic N) is 2. The number of hydrogen-bond donors (Lipinski definition) is 1. The van der Waals surface area contributed by atoms with Gasteiger partial charge in [-0.1, -0.05) is 0 Å². The number of amides is 2. The maximum atomic E-state index is 13.6. The lowest BCUT2D eigenvalue weighted by Gasteiger charge is -2.33. The fraction of sp³-hybridized carbons (Fsp3) is 0.905. The molecule has 1 N–H and O–H groups in total. The summed E-state index contributed by atoms with van der Waals surface area (Å²) >= 11 is 0. The molecule has 5 aliphatic heterocycles. The highest BCUT2D eigenvalue weighted by atomic mass is 35.5. The number of nitrogens with one attached hydrogen (secondary N) is 1. The van der Waals surface area contributed by atoms with E-state index in [0.717, 1.165) is 91.3 Å². The number of likely N-dealkylation sites (tertiary alicyclic amines) is 2. The Morgan fingerprint density at radius 1 is 0.862 bits per heavy atom. The van der Waals surface area contributed by atoms with Gasteiger partial charge in [0, 0.05) is 63.2 Å². The van der Waals surface area contributed by atoms with Crippen LogP contribution in [0.15, 0.2) is 0 Å². The molecule has 8 heteroatoms. The van der Waals surface area contributed by atoms with Crippen molar-refractivity contribution in [3.8, 4) is 0 Å². The number of ether oxygens (including phenoxy) is 2. The van der Waals surface area contributed by atoms with Crippen LogP contribution in [-0.4, -0.2) is 87.3 Å². The molecule has 0 aliphatic carbocycles. The predicted octanol–water partition coefficient (Wildman–Crippen LogP) is 1.06. The monoisotopic (exact) mass is 427 g/mol. The average molecular weight is 428 g/mol. The van der Waals surface area contributed by atoms with Crippen LogP contribution < -0.4 is 5.32 Å². The Hall–Kier alpha value is -0.890. The summed E-state index contributed by atoms with van der Waals surface area (Å²) in [5, 5.41) is 3.36. The van der Waals surface area contributed by atoms with E-state index >= 15 is 0 Å². The van der Waals surface area contributed by atoms with Gasteiger partial charge in [-0.25, -0.2) is 0 Å². The van der Waals surface area contributed by atoms with Gasteiger partial charge in [0.25, 0.3) is 0 Å². The van der Waals surface area contributed by atoms with Gasteiger partial charge in [-0.05, 0) is 38.6 Å². The lowest BCUT2D eigenvalue weighted by Crippen LogP contribution is -2.48. The molecule has 2 amide bonds. The van der Waals surface area contributed by atoms with Crippen LogP contribution >= 0.6 is 12.4 Å². The highest BCUT2D eigenvalue weighted by Gasteiger charge is 2.51. The van der Waals surface area contributed by atoms with Gasteiger partial charge in [-0.3, -0.25) is 9.59 Å². The van der Waals surface area contributed by atoms with Gasteiger partial charge in [0.15, 0.2) is 0 Å². The van der Waals surface area contributed by atoms with E-state index in [0.29, 0.717) is 13.0 Å². The third-order valence-electron chi connectivity index (χ3n) is 8.07. The minimum Gasteiger partial charge on any atom is -0.381 e. The summed E-state index contributed by atoms with van der Waals surface area (Å²) in [5.41, 5.74) is -0.231. The second-order valence-corrected chi connectivity index (χ2v) is 10.0. The van der Waals surface area contributed by atoms with Gasteiger partial charge >= 0.3 is 0 Å². The first-order valence-electron chi connectivity index (χ1n) is 11.0. The van der Waals surface area contributed by atoms with Crippen LogP contribution in [-0.2, 0) is 19.1 Å². The van der Waals surface area contributed by atoms with Crippen molar-refractivity contribution in [1.82, 2.24) is 15.1 Å². The Morgan fingerprint density at radius 2 is 1.48 bits per heavy atom. The molecule has 0 radical (unpaired) electrons. The minimum absolute atomic E-state index is 0. The molecule has 5 saturated heterocycles. The van der Waals surface area contributed by atoms with Crippen molar-refractivity contribution in [3.63, 3.8) is 0 Å². The van der Waals surface area contributed by atoms with Crippen LogP contribution in [0.4, 0.5) is 0 Å². The first-order valence-corrected chi connectivity index (χ1v) is 11.0. The largest absolute Gasteiger partial charge is 0.381 e. The molecule has 0 aromatic carbocycles. The maximum Gasteiger partial charge on any atom is 0.230 e. The number of halogens is 1. The van der Waals surface area contributed by atoms with Crippen molar-refractivity contribution in [2.75, 3.05) is 65.7 Å². The van der Waals surface area contributed by atoms with E-state index in [1.807, 2.05) is 9.80 Å². The van der Waals surface area contributed by atoms with Crippen LogP contribution in [0.3, 0.4) is 0 Å². The van der Waals surface area contributed by atoms with E-state index in [4.69, 9.17) is 9.47 Å². The Balaban J connectivity index is 0.00000205. The van der Waals surface area contributed by atoms with Crippen molar-refractivity contribution >= 4 is 24.2 Å². The Kier molecular flexibility index (Phi) is 5.88. The number of rotatable bonds is 3. The second-order valence-electron chi connectivity index (χ2n) is 10.0. The lowest BCUT2D eigenvalue weighted by molar-refractivity contribution is -0.146. The van der Waals surface area contributed by atoms with Crippen molar-refractivity contribution in [3.05, 3.63) is 0 Å². The molecule has 0 saturated carbocycles. The zero-order valence-electron chi connectivity index (χ0n) is 17.2. The van der Waals surface area contributed by atoms with Gasteiger partial charge in [-0.2, -0.15) is 0 Å². The van der Waals surface area contributed by atoms with Gasteiger partial charge in [-0.15, -0.1) is 12.4 Å². The normalized spacial score (nSPS) is 39.0. The van der Waals surface area contributed by atoms with Crippen molar-refractivity contribution in [2.45, 2.75) is 38.5 Å². The highest BCUT2D eigenvalue weighted by molar-refractivity contribution is 5.90. The summed E-state index contributed by atoms with van der Waals surface area (Å²) in [6.07, 6.45) is 5.28. The molecule has 0 bridgehead atoms. The van der Waals surface area contributed by atoms with E-state index in [9.17, 15) is 9.59 Å². The smallest absolute Gasteiger partial charge is 0.230 e. The third-order valence-corrected chi connectivity index (χ3v) is 8.07. The van der Waals surface area contributed by atoms with Crippen LogP contribution in [0.5, 0.6) is 0 Å². The van der Waals surface area contributed by atoms with Crippen LogP contribution in [0.25, 0.3) is 0 Å². The molecule has 2 spiro atoms. The number of carbonyl (C=O) groups excluding carboxylic acids is 2. The summed E-state index contributed by atoms with van der Waals surface area (Å²) in [5.74, 6) is 0.340. The second kappa shape index (κ2) is 7.98. The highest BCUT2D eigenvalue weighted by Crippen LogP contribution is 2.43. The zero-order chi connectivity index (χ0) is 19.2. The zero-order valence-corrected chi connectivity index (χ0v) is 18.1. The molecular formula is C21H34ClN3O4. The summed E-state index contributed by atoms with van der Waals surface area (Å²) in [4.78, 5) is 30.8. The Labute approximate surface area is 179 Å². The molecule has 0 aromatic heterocycles. The van der Waals surface area contributed by atoms with Crippen molar-refractivity contribution in [2.24, 2.45) is 16.2 Å². The quantitative estimate of drug-likeness (QED) is 0.729. The molecular weight excluding hydrogens is 394 g/mol. The molecule has 164 valence electrons. The topological polar surface area (TPSA) is 71.1 Å². The van der Waals surface area contributed by atoms with Gasteiger partial charge < -0.3 is 24.6 Å². The first-order chi connectivity index (χ1) is 13.5. The maximum absolute atomic E-state index is 13.6. The summed E-state index contributed by atoms with van der Waals surface area (Å²) in [6, 6.07) is 0. The predicted molar refractivity (Wildman–Crippen MR) is 110 cm³/mol. The molecule has 5 heterocycles. The molecule has 3 atom stereocenters. The fourth-order valence-electron chi connectivity index (χ4n) is 6.09. The van der Waals surface area contributed by atoms with Crippen molar-refractivity contribution < 1.29 is 19.1 Å². The Morgan fingerprint density at radius 3 is 2.03 bits per heavy atom. The SMILES string of the molecule is Cl.O=C(CC1(C(=O)N2CCC3(CCOC3)C2)CCNC1)N1CCC2(CCOC2)C1. The van der Waals surface area contributed by atoms with E-state index in [2.05, 4.69) is 5.32 Å². The number of carbonyl (C=O) groups is 2. The molecule has 5 fully saturated rings. The van der Waals surface area contributed by atoms with Crippen LogP contribution in [0.1, 0.15) is 38.5 Å². The molecule has 5 rings (SSSR count). The first kappa shape index (κ1) is 21.3. The molecule has 7 nitrogen and oxygen atoms in total.